The largest absolute Gasteiger partial charge is 0.331 e. The Morgan fingerprint density at radius 2 is 2.12 bits per heavy atom. The summed E-state index contributed by atoms with van der Waals surface area (Å²) in [5.74, 6) is 0.0222. The lowest BCUT2D eigenvalue weighted by Gasteiger charge is -2.29. The van der Waals surface area contributed by atoms with Crippen molar-refractivity contribution in [2.75, 3.05) is 13.1 Å². The summed E-state index contributed by atoms with van der Waals surface area (Å²) in [5, 5.41) is 8.03. The number of rotatable bonds is 4. The summed E-state index contributed by atoms with van der Waals surface area (Å²) < 4.78 is 0. The minimum atomic E-state index is 0. The van der Waals surface area contributed by atoms with Crippen LogP contribution in [0.1, 0.15) is 35.2 Å². The van der Waals surface area contributed by atoms with Crippen molar-refractivity contribution in [2.45, 2.75) is 31.8 Å². The van der Waals surface area contributed by atoms with E-state index in [0.29, 0.717) is 28.6 Å². The van der Waals surface area contributed by atoms with Crippen LogP contribution in [0.15, 0.2) is 35.3 Å². The van der Waals surface area contributed by atoms with E-state index in [2.05, 4.69) is 27.1 Å². The van der Waals surface area contributed by atoms with Gasteiger partial charge in [0.15, 0.2) is 0 Å². The molecule has 4 nitrogen and oxygen atoms in total. The molecule has 8 heteroatoms. The van der Waals surface area contributed by atoms with Gasteiger partial charge in [-0.15, -0.1) is 24.8 Å². The summed E-state index contributed by atoms with van der Waals surface area (Å²) >= 11 is 7.90. The monoisotopic (exact) mass is 433 g/mol. The molecule has 26 heavy (non-hydrogen) atoms. The van der Waals surface area contributed by atoms with Gasteiger partial charge in [0.05, 0.1) is 10.6 Å². The minimum Gasteiger partial charge on any atom is -0.331 e. The van der Waals surface area contributed by atoms with E-state index in [1.807, 2.05) is 4.90 Å². The summed E-state index contributed by atoms with van der Waals surface area (Å²) in [6, 6.07) is 4.13. The molecule has 1 spiro atoms. The second kappa shape index (κ2) is 8.89. The van der Waals surface area contributed by atoms with Crippen LogP contribution in [0.2, 0.25) is 5.02 Å². The summed E-state index contributed by atoms with van der Waals surface area (Å²) in [5.41, 5.74) is 2.04. The second-order valence-corrected chi connectivity index (χ2v) is 7.94. The van der Waals surface area contributed by atoms with E-state index in [-0.39, 0.29) is 30.7 Å². The van der Waals surface area contributed by atoms with Crippen LogP contribution in [0.5, 0.6) is 0 Å². The molecule has 0 bridgehead atoms. The number of piperidine rings is 1. The van der Waals surface area contributed by atoms with E-state index in [9.17, 15) is 4.79 Å². The highest BCUT2D eigenvalue weighted by molar-refractivity contribution is 7.07. The molecule has 1 saturated heterocycles. The van der Waals surface area contributed by atoms with E-state index in [1.54, 1.807) is 29.8 Å². The molecule has 142 valence electrons. The normalized spacial score (nSPS) is 20.0. The van der Waals surface area contributed by atoms with Crippen molar-refractivity contribution < 1.29 is 4.79 Å². The Kier molecular flexibility index (Phi) is 7.34. The number of thiophene rings is 1. The van der Waals surface area contributed by atoms with Gasteiger partial charge in [0.25, 0.3) is 5.91 Å². The Balaban J connectivity index is 0.00000121. The van der Waals surface area contributed by atoms with Crippen LogP contribution in [0, 0.1) is 5.41 Å². The first-order valence-corrected chi connectivity index (χ1v) is 9.64. The molecule has 0 aromatic carbocycles. The maximum atomic E-state index is 13.2. The van der Waals surface area contributed by atoms with Crippen molar-refractivity contribution in [3.05, 3.63) is 51.4 Å². The fourth-order valence-electron chi connectivity index (χ4n) is 3.84. The summed E-state index contributed by atoms with van der Waals surface area (Å²) in [4.78, 5) is 19.2. The van der Waals surface area contributed by atoms with Gasteiger partial charge in [0, 0.05) is 25.0 Å². The highest BCUT2D eigenvalue weighted by Gasteiger charge is 2.57. The van der Waals surface area contributed by atoms with Crippen LogP contribution >= 0.6 is 47.8 Å². The number of hydrogen-bond acceptors (Lipinski definition) is 4. The number of carbonyl (C=O) groups is 1. The van der Waals surface area contributed by atoms with Gasteiger partial charge < -0.3 is 10.2 Å². The number of nitrogens with zero attached hydrogens (tertiary/aromatic N) is 2. The first-order valence-electron chi connectivity index (χ1n) is 8.32. The highest BCUT2D eigenvalue weighted by Crippen LogP contribution is 2.56. The zero-order chi connectivity index (χ0) is 16.6. The van der Waals surface area contributed by atoms with E-state index < -0.39 is 0 Å². The van der Waals surface area contributed by atoms with Crippen LogP contribution in [-0.4, -0.2) is 34.9 Å². The SMILES string of the molecule is Cl.Cl.O=C(c1ccncc1Cl)N(Cc1ccsc1)C1CC12CCNCC2. The molecule has 1 saturated carbocycles. The van der Waals surface area contributed by atoms with Crippen LogP contribution in [0.25, 0.3) is 0 Å². The molecule has 2 aliphatic rings. The maximum Gasteiger partial charge on any atom is 0.256 e. The first kappa shape index (κ1) is 21.5. The van der Waals surface area contributed by atoms with Crippen LogP contribution in [0.3, 0.4) is 0 Å². The molecule has 0 radical (unpaired) electrons. The molecule has 4 rings (SSSR count). The lowest BCUT2D eigenvalue weighted by Crippen LogP contribution is -2.39. The number of hydrogen-bond donors (Lipinski definition) is 1. The first-order chi connectivity index (χ1) is 11.7. The molecular weight excluding hydrogens is 413 g/mol. The van der Waals surface area contributed by atoms with Crippen molar-refractivity contribution in [3.8, 4) is 0 Å². The molecular formula is C18H22Cl3N3OS. The predicted octanol–water partition coefficient (Wildman–Crippen LogP) is 4.42. The van der Waals surface area contributed by atoms with Gasteiger partial charge in [-0.05, 0) is 66.2 Å². The number of nitrogens with one attached hydrogen (secondary N) is 1. The summed E-state index contributed by atoms with van der Waals surface area (Å²) in [6.45, 7) is 2.75. The van der Waals surface area contributed by atoms with Crippen LogP contribution in [-0.2, 0) is 6.54 Å². The third-order valence-electron chi connectivity index (χ3n) is 5.32. The molecule has 1 atom stereocenters. The molecule has 1 aliphatic carbocycles. The Labute approximate surface area is 175 Å². The lowest BCUT2D eigenvalue weighted by molar-refractivity contribution is 0.0692. The topological polar surface area (TPSA) is 45.2 Å². The van der Waals surface area contributed by atoms with Gasteiger partial charge in [0.2, 0.25) is 0 Å². The standard InChI is InChI=1S/C18H20ClN3OS.2ClH/c19-15-10-21-5-1-14(15)17(23)22(11-13-2-8-24-12-13)16-9-18(16)3-6-20-7-4-18;;/h1-2,5,8,10,12,16,20H,3-4,6-7,9,11H2;2*1H. The van der Waals surface area contributed by atoms with Crippen molar-refractivity contribution >= 4 is 53.7 Å². The minimum absolute atomic E-state index is 0. The second-order valence-electron chi connectivity index (χ2n) is 6.75. The Hall–Kier alpha value is -0.850. The Bertz CT molecular complexity index is 735. The Morgan fingerprint density at radius 1 is 1.35 bits per heavy atom. The van der Waals surface area contributed by atoms with Crippen molar-refractivity contribution in [3.63, 3.8) is 0 Å². The number of amides is 1. The predicted molar refractivity (Wildman–Crippen MR) is 111 cm³/mol. The van der Waals surface area contributed by atoms with E-state index in [0.717, 1.165) is 32.4 Å². The smallest absolute Gasteiger partial charge is 0.256 e. The number of aromatic nitrogens is 1. The van der Waals surface area contributed by atoms with Crippen molar-refractivity contribution in [2.24, 2.45) is 5.41 Å². The van der Waals surface area contributed by atoms with Gasteiger partial charge in [-0.25, -0.2) is 0 Å². The molecule has 2 aromatic rings. The number of carbonyl (C=O) groups excluding carboxylic acids is 1. The molecule has 2 fully saturated rings. The third kappa shape index (κ3) is 4.18. The fraction of sp³-hybridized carbons (Fsp3) is 0.444. The average Bonchev–Trinajstić information content (AvgIpc) is 3.04. The van der Waals surface area contributed by atoms with Crippen molar-refractivity contribution in [1.82, 2.24) is 15.2 Å². The van der Waals surface area contributed by atoms with Crippen molar-refractivity contribution in [1.29, 1.82) is 0 Å². The van der Waals surface area contributed by atoms with E-state index >= 15 is 0 Å². The Morgan fingerprint density at radius 3 is 2.77 bits per heavy atom. The maximum absolute atomic E-state index is 13.2. The quantitative estimate of drug-likeness (QED) is 0.774. The zero-order valence-corrected chi connectivity index (χ0v) is 17.4. The fourth-order valence-corrected chi connectivity index (χ4v) is 4.70. The molecule has 1 unspecified atom stereocenters. The van der Waals surface area contributed by atoms with Crippen LogP contribution < -0.4 is 5.32 Å². The number of halogens is 3. The summed E-state index contributed by atoms with van der Waals surface area (Å²) in [6.07, 6.45) is 6.58. The van der Waals surface area contributed by atoms with Gasteiger partial charge in [-0.3, -0.25) is 9.78 Å². The molecule has 1 aliphatic heterocycles. The molecule has 3 heterocycles. The van der Waals surface area contributed by atoms with Gasteiger partial charge in [-0.2, -0.15) is 11.3 Å². The molecule has 1 N–H and O–H groups in total. The summed E-state index contributed by atoms with van der Waals surface area (Å²) in [7, 11) is 0. The lowest BCUT2D eigenvalue weighted by atomic mass is 9.93. The van der Waals surface area contributed by atoms with E-state index in [1.165, 1.54) is 5.56 Å². The number of pyridine rings is 1. The van der Waals surface area contributed by atoms with E-state index in [4.69, 9.17) is 11.6 Å². The average molecular weight is 435 g/mol. The van der Waals surface area contributed by atoms with Crippen LogP contribution in [0.4, 0.5) is 0 Å². The molecule has 2 aromatic heterocycles. The third-order valence-corrected chi connectivity index (χ3v) is 6.35. The van der Waals surface area contributed by atoms with Gasteiger partial charge in [-0.1, -0.05) is 11.6 Å². The zero-order valence-electron chi connectivity index (χ0n) is 14.2. The highest BCUT2D eigenvalue weighted by atomic mass is 35.5. The molecule has 1 amide bonds. The van der Waals surface area contributed by atoms with Gasteiger partial charge in [0.1, 0.15) is 0 Å². The van der Waals surface area contributed by atoms with Gasteiger partial charge >= 0.3 is 0 Å².